The quantitative estimate of drug-likeness (QED) is 0.843. The van der Waals surface area contributed by atoms with Gasteiger partial charge in [-0.3, -0.25) is 4.79 Å². The Balaban J connectivity index is 1.92. The van der Waals surface area contributed by atoms with Crippen LogP contribution in [0.25, 0.3) is 0 Å². The standard InChI is InChI=1S/C14H23N3OS/c1-9(2)17-6-5-12(8-17)7-15-14-13(11(4)18)10(3)16-19-14/h9,12,15H,5-8H2,1-4H3. The van der Waals surface area contributed by atoms with Gasteiger partial charge in [-0.1, -0.05) is 0 Å². The highest BCUT2D eigenvalue weighted by Crippen LogP contribution is 2.26. The summed E-state index contributed by atoms with van der Waals surface area (Å²) in [4.78, 5) is 14.1. The lowest BCUT2D eigenvalue weighted by molar-refractivity contribution is 0.101. The van der Waals surface area contributed by atoms with E-state index in [1.165, 1.54) is 24.5 Å². The third-order valence-corrected chi connectivity index (χ3v) is 4.71. The molecule has 1 saturated heterocycles. The van der Waals surface area contributed by atoms with Crippen LogP contribution in [-0.4, -0.2) is 40.7 Å². The average Bonchev–Trinajstić information content (AvgIpc) is 2.92. The van der Waals surface area contributed by atoms with E-state index in [1.54, 1.807) is 6.92 Å². The first-order chi connectivity index (χ1) is 8.99. The zero-order valence-corrected chi connectivity index (χ0v) is 13.0. The molecule has 1 aliphatic rings. The summed E-state index contributed by atoms with van der Waals surface area (Å²) in [5.41, 5.74) is 1.61. The molecule has 1 aromatic rings. The number of carbonyl (C=O) groups is 1. The van der Waals surface area contributed by atoms with Crippen LogP contribution in [0.1, 0.15) is 43.2 Å². The van der Waals surface area contributed by atoms with Gasteiger partial charge in [-0.15, -0.1) is 0 Å². The Morgan fingerprint density at radius 2 is 2.32 bits per heavy atom. The maximum atomic E-state index is 11.6. The molecule has 1 fully saturated rings. The van der Waals surface area contributed by atoms with Crippen LogP contribution in [-0.2, 0) is 0 Å². The van der Waals surface area contributed by atoms with Crippen LogP contribution in [0.15, 0.2) is 0 Å². The zero-order valence-electron chi connectivity index (χ0n) is 12.2. The van der Waals surface area contributed by atoms with E-state index in [4.69, 9.17) is 0 Å². The van der Waals surface area contributed by atoms with E-state index in [0.717, 1.165) is 29.3 Å². The Morgan fingerprint density at radius 1 is 1.58 bits per heavy atom. The fraction of sp³-hybridized carbons (Fsp3) is 0.714. The molecule has 0 aliphatic carbocycles. The van der Waals surface area contributed by atoms with Crippen molar-refractivity contribution in [2.24, 2.45) is 5.92 Å². The molecule has 2 rings (SSSR count). The van der Waals surface area contributed by atoms with E-state index < -0.39 is 0 Å². The predicted octanol–water partition coefficient (Wildman–Crippen LogP) is 2.80. The van der Waals surface area contributed by atoms with E-state index in [1.807, 2.05) is 6.92 Å². The van der Waals surface area contributed by atoms with Crippen molar-refractivity contribution >= 4 is 22.3 Å². The minimum Gasteiger partial charge on any atom is -0.375 e. The van der Waals surface area contributed by atoms with Crippen molar-refractivity contribution in [1.29, 1.82) is 0 Å². The molecule has 1 aliphatic heterocycles. The van der Waals surface area contributed by atoms with Gasteiger partial charge in [-0.25, -0.2) is 0 Å². The molecule has 2 heterocycles. The van der Waals surface area contributed by atoms with Crippen LogP contribution >= 0.6 is 11.5 Å². The number of aromatic nitrogens is 1. The highest BCUT2D eigenvalue weighted by Gasteiger charge is 2.24. The topological polar surface area (TPSA) is 45.2 Å². The summed E-state index contributed by atoms with van der Waals surface area (Å²) in [6, 6.07) is 0.628. The number of aryl methyl sites for hydroxylation is 1. The molecule has 0 saturated carbocycles. The first kappa shape index (κ1) is 14.5. The Bertz CT molecular complexity index is 456. The second-order valence-corrected chi connectivity index (χ2v) is 6.43. The van der Waals surface area contributed by atoms with Crippen molar-refractivity contribution in [2.45, 2.75) is 40.2 Å². The molecule has 0 aromatic carbocycles. The summed E-state index contributed by atoms with van der Waals surface area (Å²) in [5, 5.41) is 4.36. The molecule has 0 bridgehead atoms. The lowest BCUT2D eigenvalue weighted by Gasteiger charge is -2.20. The minimum absolute atomic E-state index is 0.101. The number of nitrogens with one attached hydrogen (secondary N) is 1. The summed E-state index contributed by atoms with van der Waals surface area (Å²) in [7, 11) is 0. The van der Waals surface area contributed by atoms with Gasteiger partial charge in [0, 0.05) is 19.1 Å². The van der Waals surface area contributed by atoms with Crippen molar-refractivity contribution in [1.82, 2.24) is 9.27 Å². The highest BCUT2D eigenvalue weighted by molar-refractivity contribution is 7.10. The average molecular weight is 281 g/mol. The monoisotopic (exact) mass is 281 g/mol. The van der Waals surface area contributed by atoms with E-state index in [2.05, 4.69) is 28.4 Å². The van der Waals surface area contributed by atoms with Gasteiger partial charge in [0.05, 0.1) is 11.3 Å². The van der Waals surface area contributed by atoms with Gasteiger partial charge in [0.15, 0.2) is 5.78 Å². The summed E-state index contributed by atoms with van der Waals surface area (Å²) >= 11 is 1.40. The van der Waals surface area contributed by atoms with E-state index in [-0.39, 0.29) is 5.78 Å². The van der Waals surface area contributed by atoms with Gasteiger partial charge in [0.25, 0.3) is 0 Å². The molecular formula is C14H23N3OS. The Kier molecular flexibility index (Phi) is 4.58. The number of hydrogen-bond acceptors (Lipinski definition) is 5. The lowest BCUT2D eigenvalue weighted by Crippen LogP contribution is -2.29. The third-order valence-electron chi connectivity index (χ3n) is 3.81. The van der Waals surface area contributed by atoms with Crippen LogP contribution in [0, 0.1) is 12.8 Å². The molecule has 4 nitrogen and oxygen atoms in total. The molecule has 106 valence electrons. The SMILES string of the molecule is CC(=O)c1c(C)nsc1NCC1CCN(C(C)C)C1. The van der Waals surface area contributed by atoms with Crippen molar-refractivity contribution in [2.75, 3.05) is 25.0 Å². The minimum atomic E-state index is 0.101. The van der Waals surface area contributed by atoms with E-state index in [9.17, 15) is 4.79 Å². The third kappa shape index (κ3) is 3.34. The molecule has 0 radical (unpaired) electrons. The molecule has 1 atom stereocenters. The lowest BCUT2D eigenvalue weighted by atomic mass is 10.1. The molecule has 0 amide bonds. The fourth-order valence-corrected chi connectivity index (χ4v) is 3.49. The maximum Gasteiger partial charge on any atom is 0.164 e. The summed E-state index contributed by atoms with van der Waals surface area (Å²) in [5.74, 6) is 0.772. The second kappa shape index (κ2) is 6.01. The van der Waals surface area contributed by atoms with Gasteiger partial charge in [0.1, 0.15) is 5.00 Å². The molecular weight excluding hydrogens is 258 g/mol. The van der Waals surface area contributed by atoms with Crippen LogP contribution < -0.4 is 5.32 Å². The maximum absolute atomic E-state index is 11.6. The van der Waals surface area contributed by atoms with Crippen LogP contribution in [0.2, 0.25) is 0 Å². The second-order valence-electron chi connectivity index (χ2n) is 5.65. The predicted molar refractivity (Wildman–Crippen MR) is 80.2 cm³/mol. The number of carbonyl (C=O) groups excluding carboxylic acids is 1. The molecule has 1 aromatic heterocycles. The van der Waals surface area contributed by atoms with Crippen molar-refractivity contribution in [3.8, 4) is 0 Å². The van der Waals surface area contributed by atoms with E-state index >= 15 is 0 Å². The van der Waals surface area contributed by atoms with Gasteiger partial charge < -0.3 is 10.2 Å². The number of anilines is 1. The number of Topliss-reactive ketones (excluding diaryl/α,β-unsaturated/α-hetero) is 1. The Hall–Kier alpha value is -0.940. The number of likely N-dealkylation sites (tertiary alicyclic amines) is 1. The zero-order chi connectivity index (χ0) is 14.0. The largest absolute Gasteiger partial charge is 0.375 e. The molecule has 0 spiro atoms. The van der Waals surface area contributed by atoms with Crippen LogP contribution in [0.3, 0.4) is 0 Å². The van der Waals surface area contributed by atoms with Gasteiger partial charge in [-0.2, -0.15) is 4.37 Å². The number of rotatable bonds is 5. The first-order valence-corrected chi connectivity index (χ1v) is 7.71. The summed E-state index contributed by atoms with van der Waals surface area (Å²) in [6.45, 7) is 11.3. The Labute approximate surface area is 119 Å². The van der Waals surface area contributed by atoms with Crippen molar-refractivity contribution < 1.29 is 4.79 Å². The normalized spacial score (nSPS) is 20.2. The smallest absolute Gasteiger partial charge is 0.164 e. The molecule has 1 unspecified atom stereocenters. The number of ketones is 1. The first-order valence-electron chi connectivity index (χ1n) is 6.94. The summed E-state index contributed by atoms with van der Waals surface area (Å²) < 4.78 is 4.27. The van der Waals surface area contributed by atoms with Crippen LogP contribution in [0.4, 0.5) is 5.00 Å². The number of nitrogens with zero attached hydrogens (tertiary/aromatic N) is 2. The fourth-order valence-electron chi connectivity index (χ4n) is 2.64. The highest BCUT2D eigenvalue weighted by atomic mass is 32.1. The Morgan fingerprint density at radius 3 is 2.89 bits per heavy atom. The molecule has 19 heavy (non-hydrogen) atoms. The number of hydrogen-bond donors (Lipinski definition) is 1. The van der Waals surface area contributed by atoms with Crippen LogP contribution in [0.5, 0.6) is 0 Å². The molecule has 1 N–H and O–H groups in total. The summed E-state index contributed by atoms with van der Waals surface area (Å²) in [6.07, 6.45) is 1.23. The van der Waals surface area contributed by atoms with Crippen molar-refractivity contribution in [3.05, 3.63) is 11.3 Å². The van der Waals surface area contributed by atoms with Gasteiger partial charge in [0.2, 0.25) is 0 Å². The van der Waals surface area contributed by atoms with Gasteiger partial charge >= 0.3 is 0 Å². The van der Waals surface area contributed by atoms with Crippen molar-refractivity contribution in [3.63, 3.8) is 0 Å². The van der Waals surface area contributed by atoms with E-state index in [0.29, 0.717) is 12.0 Å². The molecule has 5 heteroatoms. The van der Waals surface area contributed by atoms with Gasteiger partial charge in [-0.05, 0) is 58.1 Å².